The smallest absolute Gasteiger partial charge is 0.168 e. The van der Waals surface area contributed by atoms with Crippen LogP contribution in [0, 0.1) is 0 Å². The van der Waals surface area contributed by atoms with Gasteiger partial charge in [0.1, 0.15) is 6.10 Å². The third kappa shape index (κ3) is 2.40. The van der Waals surface area contributed by atoms with Crippen molar-refractivity contribution in [3.8, 4) is 0 Å². The van der Waals surface area contributed by atoms with Gasteiger partial charge in [0.05, 0.1) is 18.0 Å². The molecule has 4 rings (SSSR count). The molecule has 1 saturated carbocycles. The molecule has 4 heteroatoms. The molecule has 1 aromatic rings. The van der Waals surface area contributed by atoms with Crippen LogP contribution in [0.2, 0.25) is 0 Å². The lowest BCUT2D eigenvalue weighted by atomic mass is 10.1. The molecule has 0 amide bonds. The molecule has 4 nitrogen and oxygen atoms in total. The molecule has 1 spiro atoms. The predicted molar refractivity (Wildman–Crippen MR) is 83.8 cm³/mol. The molecular formula is C17H24N2O2. The van der Waals surface area contributed by atoms with Crippen molar-refractivity contribution in [2.75, 3.05) is 29.9 Å². The van der Waals surface area contributed by atoms with Crippen molar-refractivity contribution < 1.29 is 9.47 Å². The summed E-state index contributed by atoms with van der Waals surface area (Å²) in [7, 11) is 0. The van der Waals surface area contributed by atoms with Crippen LogP contribution in [-0.4, -0.2) is 37.6 Å². The van der Waals surface area contributed by atoms with Gasteiger partial charge in [-0.25, -0.2) is 0 Å². The Kier molecular flexibility index (Phi) is 3.31. The van der Waals surface area contributed by atoms with Crippen molar-refractivity contribution >= 4 is 11.4 Å². The van der Waals surface area contributed by atoms with E-state index in [4.69, 9.17) is 9.47 Å². The lowest BCUT2D eigenvalue weighted by Crippen LogP contribution is -2.46. The fraction of sp³-hybridized carbons (Fsp3) is 0.647. The molecule has 2 aliphatic heterocycles. The van der Waals surface area contributed by atoms with Crippen molar-refractivity contribution in [2.45, 2.75) is 50.5 Å². The highest BCUT2D eigenvalue weighted by Crippen LogP contribution is 2.40. The summed E-state index contributed by atoms with van der Waals surface area (Å²) in [6.45, 7) is 4.90. The highest BCUT2D eigenvalue weighted by Gasteiger charge is 2.44. The van der Waals surface area contributed by atoms with E-state index in [0.717, 1.165) is 32.5 Å². The van der Waals surface area contributed by atoms with Crippen LogP contribution in [0.4, 0.5) is 11.4 Å². The third-order valence-electron chi connectivity index (χ3n) is 5.01. The largest absolute Gasteiger partial charge is 0.381 e. The average Bonchev–Trinajstić information content (AvgIpc) is 3.13. The van der Waals surface area contributed by atoms with Gasteiger partial charge in [0.2, 0.25) is 0 Å². The van der Waals surface area contributed by atoms with Gasteiger partial charge in [0.15, 0.2) is 5.79 Å². The second-order valence-electron chi connectivity index (χ2n) is 6.57. The maximum Gasteiger partial charge on any atom is 0.168 e. The number of anilines is 2. The van der Waals surface area contributed by atoms with Crippen LogP contribution in [0.5, 0.6) is 0 Å². The standard InChI is InChI=1S/C17H24N2O2/c1-13-10-18-15-6-2-3-7-16(15)19(13)11-14-12-20-17(21-14)8-4-5-9-17/h2-3,6-7,13-14,18H,4-5,8-12H2,1H3. The Balaban J connectivity index is 1.49. The van der Waals surface area contributed by atoms with Gasteiger partial charge in [0, 0.05) is 32.0 Å². The van der Waals surface area contributed by atoms with Gasteiger partial charge in [-0.05, 0) is 31.9 Å². The molecule has 2 heterocycles. The second-order valence-corrected chi connectivity index (χ2v) is 6.57. The first-order valence-corrected chi connectivity index (χ1v) is 8.17. The van der Waals surface area contributed by atoms with Crippen molar-refractivity contribution in [2.24, 2.45) is 0 Å². The fourth-order valence-corrected chi connectivity index (χ4v) is 3.86. The van der Waals surface area contributed by atoms with Gasteiger partial charge in [0.25, 0.3) is 0 Å². The summed E-state index contributed by atoms with van der Waals surface area (Å²) in [5.41, 5.74) is 2.51. The molecule has 2 fully saturated rings. The molecule has 0 aromatic heterocycles. The molecule has 1 aliphatic carbocycles. The van der Waals surface area contributed by atoms with Gasteiger partial charge in [-0.2, -0.15) is 0 Å². The van der Waals surface area contributed by atoms with E-state index in [1.807, 2.05) is 0 Å². The van der Waals surface area contributed by atoms with Crippen LogP contribution in [-0.2, 0) is 9.47 Å². The molecule has 0 radical (unpaired) electrons. The summed E-state index contributed by atoms with van der Waals surface area (Å²) in [6.07, 6.45) is 4.80. The second kappa shape index (κ2) is 5.18. The third-order valence-corrected chi connectivity index (χ3v) is 5.01. The number of hydrogen-bond donors (Lipinski definition) is 1. The zero-order chi connectivity index (χ0) is 14.3. The number of para-hydroxylation sites is 2. The molecule has 0 bridgehead atoms. The molecule has 2 unspecified atom stereocenters. The van der Waals surface area contributed by atoms with E-state index in [-0.39, 0.29) is 11.9 Å². The van der Waals surface area contributed by atoms with Gasteiger partial charge in [-0.15, -0.1) is 0 Å². The number of nitrogens with zero attached hydrogens (tertiary/aromatic N) is 1. The van der Waals surface area contributed by atoms with Crippen molar-refractivity contribution in [3.05, 3.63) is 24.3 Å². The molecule has 1 N–H and O–H groups in total. The van der Waals surface area contributed by atoms with Gasteiger partial charge >= 0.3 is 0 Å². The Labute approximate surface area is 126 Å². The van der Waals surface area contributed by atoms with Crippen LogP contribution in [0.25, 0.3) is 0 Å². The lowest BCUT2D eigenvalue weighted by molar-refractivity contribution is -0.160. The number of nitrogens with one attached hydrogen (secondary N) is 1. The highest BCUT2D eigenvalue weighted by atomic mass is 16.7. The molecular weight excluding hydrogens is 264 g/mol. The van der Waals surface area contributed by atoms with Crippen LogP contribution in [0.3, 0.4) is 0 Å². The summed E-state index contributed by atoms with van der Waals surface area (Å²) in [6, 6.07) is 9.01. The van der Waals surface area contributed by atoms with E-state index in [0.29, 0.717) is 6.04 Å². The van der Waals surface area contributed by atoms with Crippen LogP contribution in [0.1, 0.15) is 32.6 Å². The van der Waals surface area contributed by atoms with Crippen molar-refractivity contribution in [3.63, 3.8) is 0 Å². The maximum absolute atomic E-state index is 6.29. The quantitative estimate of drug-likeness (QED) is 0.907. The Morgan fingerprint density at radius 3 is 2.95 bits per heavy atom. The Morgan fingerprint density at radius 1 is 1.29 bits per heavy atom. The Bertz CT molecular complexity index is 513. The van der Waals surface area contributed by atoms with Crippen LogP contribution >= 0.6 is 0 Å². The van der Waals surface area contributed by atoms with E-state index in [1.54, 1.807) is 0 Å². The van der Waals surface area contributed by atoms with E-state index in [2.05, 4.69) is 41.4 Å². The fourth-order valence-electron chi connectivity index (χ4n) is 3.86. The van der Waals surface area contributed by atoms with Crippen molar-refractivity contribution in [1.82, 2.24) is 0 Å². The molecule has 21 heavy (non-hydrogen) atoms. The van der Waals surface area contributed by atoms with E-state index in [1.165, 1.54) is 24.2 Å². The zero-order valence-corrected chi connectivity index (χ0v) is 12.7. The minimum absolute atomic E-state index is 0.191. The highest BCUT2D eigenvalue weighted by molar-refractivity contribution is 5.72. The number of benzene rings is 1. The van der Waals surface area contributed by atoms with E-state index < -0.39 is 0 Å². The molecule has 1 aromatic carbocycles. The topological polar surface area (TPSA) is 33.7 Å². The number of rotatable bonds is 2. The van der Waals surface area contributed by atoms with Crippen molar-refractivity contribution in [1.29, 1.82) is 0 Å². The number of hydrogen-bond acceptors (Lipinski definition) is 4. The summed E-state index contributed by atoms with van der Waals surface area (Å²) in [4.78, 5) is 2.47. The lowest BCUT2D eigenvalue weighted by Gasteiger charge is -2.39. The zero-order valence-electron chi connectivity index (χ0n) is 12.7. The molecule has 2 atom stereocenters. The number of ether oxygens (including phenoxy) is 2. The predicted octanol–water partition coefficient (Wildman–Crippen LogP) is 2.99. The first-order valence-electron chi connectivity index (χ1n) is 8.17. The SMILES string of the molecule is CC1CNc2ccccc2N1CC1COC2(CCCC2)O1. The van der Waals surface area contributed by atoms with Crippen LogP contribution < -0.4 is 10.2 Å². The molecule has 3 aliphatic rings. The number of fused-ring (bicyclic) bond motifs is 1. The molecule has 114 valence electrons. The Morgan fingerprint density at radius 2 is 2.10 bits per heavy atom. The summed E-state index contributed by atoms with van der Waals surface area (Å²) >= 11 is 0. The van der Waals surface area contributed by atoms with E-state index >= 15 is 0 Å². The minimum atomic E-state index is -0.249. The summed E-state index contributed by atoms with van der Waals surface area (Å²) < 4.78 is 12.3. The summed E-state index contributed by atoms with van der Waals surface area (Å²) in [5, 5.41) is 3.50. The molecule has 1 saturated heterocycles. The van der Waals surface area contributed by atoms with Gasteiger partial charge in [-0.1, -0.05) is 12.1 Å². The van der Waals surface area contributed by atoms with Crippen LogP contribution in [0.15, 0.2) is 24.3 Å². The van der Waals surface area contributed by atoms with Gasteiger partial charge in [-0.3, -0.25) is 0 Å². The maximum atomic E-state index is 6.29. The summed E-state index contributed by atoms with van der Waals surface area (Å²) in [5.74, 6) is -0.249. The van der Waals surface area contributed by atoms with Gasteiger partial charge < -0.3 is 19.7 Å². The average molecular weight is 288 g/mol. The van der Waals surface area contributed by atoms with E-state index in [9.17, 15) is 0 Å². The normalized spacial score (nSPS) is 30.4. The minimum Gasteiger partial charge on any atom is -0.381 e. The first kappa shape index (κ1) is 13.4. The first-order chi connectivity index (χ1) is 10.3. The Hall–Kier alpha value is -1.26. The monoisotopic (exact) mass is 288 g/mol.